The van der Waals surface area contributed by atoms with E-state index in [0.29, 0.717) is 5.56 Å². The van der Waals surface area contributed by atoms with Gasteiger partial charge in [0.1, 0.15) is 5.01 Å². The van der Waals surface area contributed by atoms with Gasteiger partial charge in [-0.15, -0.1) is 11.3 Å². The molecule has 0 spiro atoms. The maximum absolute atomic E-state index is 11.4. The van der Waals surface area contributed by atoms with Gasteiger partial charge in [0, 0.05) is 10.9 Å². The van der Waals surface area contributed by atoms with Crippen LogP contribution in [0.2, 0.25) is 0 Å². The molecule has 0 aliphatic carbocycles. The number of esters is 1. The average Bonchev–Trinajstić information content (AvgIpc) is 3.09. The topological polar surface area (TPSA) is 39.2 Å². The van der Waals surface area contributed by atoms with Gasteiger partial charge in [-0.05, 0) is 30.7 Å². The van der Waals surface area contributed by atoms with Crippen LogP contribution in [0.3, 0.4) is 0 Å². The maximum atomic E-state index is 11.4. The second-order valence-corrected chi connectivity index (χ2v) is 6.27. The Hall–Kier alpha value is -2.72. The van der Waals surface area contributed by atoms with Gasteiger partial charge >= 0.3 is 5.97 Å². The van der Waals surface area contributed by atoms with Crippen LogP contribution in [0, 0.1) is 6.92 Å². The molecule has 0 aliphatic rings. The maximum Gasteiger partial charge on any atom is 0.337 e. The van der Waals surface area contributed by atoms with Crippen LogP contribution < -0.4 is 0 Å². The van der Waals surface area contributed by atoms with Crippen LogP contribution in [0.15, 0.2) is 53.9 Å². The number of hydrogen-bond donors (Lipinski definition) is 0. The summed E-state index contributed by atoms with van der Waals surface area (Å²) in [5, 5.41) is 3.01. The van der Waals surface area contributed by atoms with E-state index in [2.05, 4.69) is 41.6 Å². The lowest BCUT2D eigenvalue weighted by atomic mass is 10.1. The van der Waals surface area contributed by atoms with Gasteiger partial charge < -0.3 is 4.74 Å². The molecule has 120 valence electrons. The SMILES string of the molecule is COC(=O)c1ccc(C=Cc2nc(-c3ccc(C)cc3)cs2)cc1. The summed E-state index contributed by atoms with van der Waals surface area (Å²) < 4.78 is 4.69. The van der Waals surface area contributed by atoms with Crippen molar-refractivity contribution in [2.75, 3.05) is 7.11 Å². The van der Waals surface area contributed by atoms with Gasteiger partial charge in [0.25, 0.3) is 0 Å². The number of methoxy groups -OCH3 is 1. The van der Waals surface area contributed by atoms with E-state index in [-0.39, 0.29) is 5.97 Å². The number of carbonyl (C=O) groups excluding carboxylic acids is 1. The Bertz CT molecular complexity index is 861. The first-order chi connectivity index (χ1) is 11.7. The Morgan fingerprint density at radius 3 is 2.42 bits per heavy atom. The molecule has 3 aromatic rings. The quantitative estimate of drug-likeness (QED) is 0.624. The number of benzene rings is 2. The van der Waals surface area contributed by atoms with Crippen molar-refractivity contribution in [3.63, 3.8) is 0 Å². The molecule has 1 aromatic heterocycles. The minimum Gasteiger partial charge on any atom is -0.465 e. The molecular weight excluding hydrogens is 318 g/mol. The summed E-state index contributed by atoms with van der Waals surface area (Å²) in [6, 6.07) is 15.6. The molecule has 24 heavy (non-hydrogen) atoms. The number of nitrogens with zero attached hydrogens (tertiary/aromatic N) is 1. The van der Waals surface area contributed by atoms with E-state index in [1.807, 2.05) is 24.3 Å². The van der Waals surface area contributed by atoms with Crippen LogP contribution in [0.25, 0.3) is 23.4 Å². The molecular formula is C20H17NO2S. The van der Waals surface area contributed by atoms with Crippen LogP contribution in [0.4, 0.5) is 0 Å². The summed E-state index contributed by atoms with van der Waals surface area (Å²) in [7, 11) is 1.38. The van der Waals surface area contributed by atoms with E-state index in [9.17, 15) is 4.79 Å². The number of thiazole rings is 1. The molecule has 0 amide bonds. The molecule has 0 atom stereocenters. The first-order valence-electron chi connectivity index (χ1n) is 7.55. The summed E-state index contributed by atoms with van der Waals surface area (Å²) in [6.07, 6.45) is 3.97. The van der Waals surface area contributed by atoms with Crippen molar-refractivity contribution in [2.45, 2.75) is 6.92 Å². The number of hydrogen-bond acceptors (Lipinski definition) is 4. The lowest BCUT2D eigenvalue weighted by Gasteiger charge is -1.99. The van der Waals surface area contributed by atoms with Crippen LogP contribution in [-0.4, -0.2) is 18.1 Å². The van der Waals surface area contributed by atoms with E-state index in [1.54, 1.807) is 23.5 Å². The summed E-state index contributed by atoms with van der Waals surface area (Å²) in [4.78, 5) is 16.1. The highest BCUT2D eigenvalue weighted by Gasteiger charge is 2.04. The van der Waals surface area contributed by atoms with Gasteiger partial charge in [-0.2, -0.15) is 0 Å². The van der Waals surface area contributed by atoms with Crippen molar-refractivity contribution in [1.82, 2.24) is 4.98 Å². The molecule has 3 nitrogen and oxygen atoms in total. The summed E-state index contributed by atoms with van der Waals surface area (Å²) in [6.45, 7) is 2.07. The van der Waals surface area contributed by atoms with Crippen LogP contribution >= 0.6 is 11.3 Å². The molecule has 3 rings (SSSR count). The predicted octanol–water partition coefficient (Wildman–Crippen LogP) is 5.08. The molecule has 4 heteroatoms. The molecule has 2 aromatic carbocycles. The van der Waals surface area contributed by atoms with E-state index in [0.717, 1.165) is 21.8 Å². The highest BCUT2D eigenvalue weighted by atomic mass is 32.1. The van der Waals surface area contributed by atoms with E-state index >= 15 is 0 Å². The standard InChI is InChI=1S/C20H17NO2S/c1-14-3-8-16(9-4-14)18-13-24-19(21-18)12-7-15-5-10-17(11-6-15)20(22)23-2/h3-13H,1-2H3. The number of ether oxygens (including phenoxy) is 1. The fourth-order valence-corrected chi connectivity index (χ4v) is 2.96. The number of rotatable bonds is 4. The minimum absolute atomic E-state index is 0.326. The molecule has 0 unspecified atom stereocenters. The molecule has 0 aliphatic heterocycles. The molecule has 0 saturated carbocycles. The van der Waals surface area contributed by atoms with Crippen molar-refractivity contribution in [2.24, 2.45) is 0 Å². The first kappa shape index (κ1) is 16.1. The third kappa shape index (κ3) is 3.78. The Balaban J connectivity index is 1.73. The van der Waals surface area contributed by atoms with Gasteiger partial charge in [-0.3, -0.25) is 0 Å². The molecule has 0 bridgehead atoms. The Labute approximate surface area is 145 Å². The highest BCUT2D eigenvalue weighted by Crippen LogP contribution is 2.23. The smallest absolute Gasteiger partial charge is 0.337 e. The minimum atomic E-state index is -0.326. The van der Waals surface area contributed by atoms with Gasteiger partial charge in [0.05, 0.1) is 18.4 Å². The van der Waals surface area contributed by atoms with E-state index < -0.39 is 0 Å². The number of aryl methyl sites for hydroxylation is 1. The second-order valence-electron chi connectivity index (χ2n) is 5.38. The van der Waals surface area contributed by atoms with Crippen molar-refractivity contribution in [3.8, 4) is 11.3 Å². The molecule has 0 radical (unpaired) electrons. The first-order valence-corrected chi connectivity index (χ1v) is 8.43. The largest absolute Gasteiger partial charge is 0.465 e. The van der Waals surface area contributed by atoms with Gasteiger partial charge in [0.15, 0.2) is 0 Å². The highest BCUT2D eigenvalue weighted by molar-refractivity contribution is 7.10. The zero-order valence-electron chi connectivity index (χ0n) is 13.5. The lowest BCUT2D eigenvalue weighted by molar-refractivity contribution is 0.0600. The van der Waals surface area contributed by atoms with Crippen molar-refractivity contribution in [1.29, 1.82) is 0 Å². The Morgan fingerprint density at radius 2 is 1.75 bits per heavy atom. The van der Waals surface area contributed by atoms with Crippen LogP contribution in [0.5, 0.6) is 0 Å². The van der Waals surface area contributed by atoms with Gasteiger partial charge in [0.2, 0.25) is 0 Å². The average molecular weight is 335 g/mol. The van der Waals surface area contributed by atoms with Gasteiger partial charge in [-0.1, -0.05) is 48.0 Å². The zero-order valence-corrected chi connectivity index (χ0v) is 14.3. The predicted molar refractivity (Wildman–Crippen MR) is 99.0 cm³/mol. The zero-order chi connectivity index (χ0) is 16.9. The fourth-order valence-electron chi connectivity index (χ4n) is 2.24. The Kier molecular flexibility index (Phi) is 4.87. The summed E-state index contributed by atoms with van der Waals surface area (Å²) in [5.41, 5.74) is 4.91. The third-order valence-electron chi connectivity index (χ3n) is 3.62. The van der Waals surface area contributed by atoms with Crippen LogP contribution in [0.1, 0.15) is 26.5 Å². The van der Waals surface area contributed by atoms with Crippen LogP contribution in [-0.2, 0) is 4.74 Å². The summed E-state index contributed by atoms with van der Waals surface area (Å²) in [5.74, 6) is -0.326. The van der Waals surface area contributed by atoms with Crippen molar-refractivity contribution >= 4 is 29.5 Å². The third-order valence-corrected chi connectivity index (χ3v) is 4.43. The monoisotopic (exact) mass is 335 g/mol. The van der Waals surface area contributed by atoms with E-state index in [4.69, 9.17) is 4.74 Å². The lowest BCUT2D eigenvalue weighted by Crippen LogP contribution is -2.00. The molecule has 1 heterocycles. The molecule has 0 fully saturated rings. The number of carbonyl (C=O) groups is 1. The van der Waals surface area contributed by atoms with Gasteiger partial charge in [-0.25, -0.2) is 9.78 Å². The number of aromatic nitrogens is 1. The van der Waals surface area contributed by atoms with Crippen molar-refractivity contribution < 1.29 is 9.53 Å². The summed E-state index contributed by atoms with van der Waals surface area (Å²) >= 11 is 1.61. The molecule has 0 saturated heterocycles. The second kappa shape index (κ2) is 7.23. The Morgan fingerprint density at radius 1 is 1.04 bits per heavy atom. The van der Waals surface area contributed by atoms with E-state index in [1.165, 1.54) is 12.7 Å². The normalized spacial score (nSPS) is 10.9. The fraction of sp³-hybridized carbons (Fsp3) is 0.100. The van der Waals surface area contributed by atoms with Crippen molar-refractivity contribution in [3.05, 3.63) is 75.6 Å². The molecule has 0 N–H and O–H groups in total.